The summed E-state index contributed by atoms with van der Waals surface area (Å²) in [7, 11) is -4.99. The molecule has 276 valence electrons. The van der Waals surface area contributed by atoms with Crippen LogP contribution in [0.3, 0.4) is 0 Å². The topological polar surface area (TPSA) is 156 Å². The molecule has 5 rings (SSSR count). The number of thiophene rings is 1. The number of piperidine rings is 1. The van der Waals surface area contributed by atoms with Crippen molar-refractivity contribution in [1.29, 1.82) is 0 Å². The van der Waals surface area contributed by atoms with Crippen molar-refractivity contribution in [2.24, 2.45) is 0 Å². The third-order valence-electron chi connectivity index (χ3n) is 7.98. The Balaban J connectivity index is 0.000000727. The highest BCUT2D eigenvalue weighted by molar-refractivity contribution is 7.89. The smallest absolute Gasteiger partial charge is 0.475 e. The molecule has 3 amide bonds. The average Bonchev–Trinajstić information content (AvgIpc) is 3.81. The van der Waals surface area contributed by atoms with Gasteiger partial charge in [-0.25, -0.2) is 13.2 Å². The molecule has 12 nitrogen and oxygen atoms in total. The zero-order valence-electron chi connectivity index (χ0n) is 26.0. The molecule has 1 atom stereocenters. The Bertz CT molecular complexity index is 1690. The minimum Gasteiger partial charge on any atom is -0.475 e. The Kier molecular flexibility index (Phi) is 12.5. The lowest BCUT2D eigenvalue weighted by molar-refractivity contribution is -0.192. The summed E-state index contributed by atoms with van der Waals surface area (Å²) in [5.41, 5.74) is -2.04. The number of amides is 3. The van der Waals surface area contributed by atoms with E-state index in [0.717, 1.165) is 47.3 Å². The lowest BCUT2D eigenvalue weighted by Gasteiger charge is -2.36. The molecule has 3 fully saturated rings. The van der Waals surface area contributed by atoms with Gasteiger partial charge in [0.25, 0.3) is 5.91 Å². The number of alkyl halides is 6. The van der Waals surface area contributed by atoms with Gasteiger partial charge in [-0.2, -0.15) is 31.1 Å². The van der Waals surface area contributed by atoms with Gasteiger partial charge < -0.3 is 20.2 Å². The minimum absolute atomic E-state index is 0.0194. The van der Waals surface area contributed by atoms with E-state index in [1.54, 1.807) is 0 Å². The number of piperazine rings is 1. The van der Waals surface area contributed by atoms with E-state index >= 15 is 0 Å². The van der Waals surface area contributed by atoms with Gasteiger partial charge in [0.15, 0.2) is 0 Å². The number of carbonyl (C=O) groups excluding carboxylic acids is 3. The summed E-state index contributed by atoms with van der Waals surface area (Å²) in [5, 5.41) is 9.64. The maximum absolute atomic E-state index is 14.5. The number of sulfonamides is 1. The van der Waals surface area contributed by atoms with Crippen molar-refractivity contribution in [3.05, 3.63) is 45.1 Å². The number of carboxylic acid groups (broad SMARTS) is 1. The largest absolute Gasteiger partial charge is 0.490 e. The van der Waals surface area contributed by atoms with Gasteiger partial charge in [0, 0.05) is 51.7 Å². The summed E-state index contributed by atoms with van der Waals surface area (Å²) in [6.07, 6.45) is -7.01. The van der Waals surface area contributed by atoms with Crippen molar-refractivity contribution in [1.82, 2.24) is 19.8 Å². The number of anilines is 1. The highest BCUT2D eigenvalue weighted by Gasteiger charge is 2.44. The van der Waals surface area contributed by atoms with Gasteiger partial charge in [0.05, 0.1) is 25.4 Å². The second-order valence-corrected chi connectivity index (χ2v) is 14.9. The van der Waals surface area contributed by atoms with Crippen LogP contribution in [0.25, 0.3) is 0 Å². The van der Waals surface area contributed by atoms with Crippen LogP contribution in [0.4, 0.5) is 32.0 Å². The maximum atomic E-state index is 14.5. The molecule has 2 aromatic rings. The zero-order valence-corrected chi connectivity index (χ0v) is 28.4. The highest BCUT2D eigenvalue weighted by Crippen LogP contribution is 2.42. The first kappa shape index (κ1) is 39.3. The van der Waals surface area contributed by atoms with Crippen LogP contribution in [0.5, 0.6) is 0 Å². The maximum Gasteiger partial charge on any atom is 0.490 e. The van der Waals surface area contributed by atoms with Gasteiger partial charge in [-0.3, -0.25) is 19.3 Å². The molecule has 3 heterocycles. The summed E-state index contributed by atoms with van der Waals surface area (Å²) in [4.78, 5) is 51.5. The lowest BCUT2D eigenvalue weighted by Crippen LogP contribution is -2.58. The number of carbonyl (C=O) groups is 4. The van der Waals surface area contributed by atoms with Crippen LogP contribution in [0.15, 0.2) is 35.2 Å². The predicted octanol–water partition coefficient (Wildman–Crippen LogP) is 3.95. The van der Waals surface area contributed by atoms with Crippen molar-refractivity contribution in [3.8, 4) is 0 Å². The molecule has 0 radical (unpaired) electrons. The molecule has 2 saturated heterocycles. The first-order chi connectivity index (χ1) is 23.3. The second-order valence-electron chi connectivity index (χ2n) is 11.5. The Labute approximate surface area is 291 Å². The molecular weight excluding hydrogens is 744 g/mol. The van der Waals surface area contributed by atoms with E-state index in [4.69, 9.17) is 21.5 Å². The zero-order chi connectivity index (χ0) is 37.0. The van der Waals surface area contributed by atoms with Gasteiger partial charge in [-0.15, -0.1) is 11.3 Å². The molecule has 0 spiro atoms. The molecule has 3 N–H and O–H groups in total. The Hall–Kier alpha value is -3.46. The number of nitrogens with zero attached hydrogens (tertiary/aromatic N) is 3. The summed E-state index contributed by atoms with van der Waals surface area (Å²) in [6, 6.07) is 4.84. The van der Waals surface area contributed by atoms with E-state index in [1.165, 1.54) is 17.0 Å². The van der Waals surface area contributed by atoms with E-state index in [2.05, 4.69) is 14.9 Å². The fourth-order valence-corrected chi connectivity index (χ4v) is 7.82. The van der Waals surface area contributed by atoms with Crippen LogP contribution >= 0.6 is 22.9 Å². The second kappa shape index (κ2) is 15.8. The number of hydrogen-bond acceptors (Lipinski definition) is 8. The molecular formula is C29H32ClF6N5O7S2. The van der Waals surface area contributed by atoms with Gasteiger partial charge in [0.1, 0.15) is 6.04 Å². The minimum atomic E-state index is -5.14. The summed E-state index contributed by atoms with van der Waals surface area (Å²) >= 11 is 6.89. The van der Waals surface area contributed by atoms with E-state index in [9.17, 15) is 49.1 Å². The van der Waals surface area contributed by atoms with Crippen LogP contribution in [0.1, 0.15) is 47.3 Å². The first-order valence-corrected chi connectivity index (χ1v) is 17.9. The van der Waals surface area contributed by atoms with Crippen molar-refractivity contribution < 1.29 is 59.0 Å². The summed E-state index contributed by atoms with van der Waals surface area (Å²) < 4.78 is 105. The fourth-order valence-electron chi connectivity index (χ4n) is 5.43. The third kappa shape index (κ3) is 10.1. The molecule has 1 saturated carbocycles. The van der Waals surface area contributed by atoms with Crippen LogP contribution in [0.2, 0.25) is 4.34 Å². The number of hydrogen-bond donors (Lipinski definition) is 3. The van der Waals surface area contributed by atoms with Gasteiger partial charge in [-0.1, -0.05) is 17.7 Å². The molecule has 0 bridgehead atoms. The van der Waals surface area contributed by atoms with E-state index < -0.39 is 74.8 Å². The van der Waals surface area contributed by atoms with Gasteiger partial charge in [-0.05, 0) is 49.9 Å². The SMILES string of the molecule is O=C(NC[C@H](NS(=O)(=O)c1cccc(N2CCCCC2=O)c1C(F)(F)F)C(=O)N1CCN(C2CC2)CC1)c1ccc(Cl)s1.O=C(O)C(F)(F)F. The van der Waals surface area contributed by atoms with E-state index in [-0.39, 0.29) is 17.8 Å². The van der Waals surface area contributed by atoms with Crippen LogP contribution in [0, 0.1) is 0 Å². The Morgan fingerprint density at radius 3 is 2.14 bits per heavy atom. The molecule has 2 aliphatic heterocycles. The number of rotatable bonds is 9. The first-order valence-electron chi connectivity index (χ1n) is 15.2. The van der Waals surface area contributed by atoms with Gasteiger partial charge in [0.2, 0.25) is 21.8 Å². The van der Waals surface area contributed by atoms with Crippen molar-refractivity contribution >= 4 is 62.3 Å². The molecule has 50 heavy (non-hydrogen) atoms. The monoisotopic (exact) mass is 775 g/mol. The normalized spacial score (nSPS) is 18.3. The van der Waals surface area contributed by atoms with Crippen LogP contribution in [-0.4, -0.2) is 105 Å². The molecule has 3 aliphatic rings. The summed E-state index contributed by atoms with van der Waals surface area (Å²) in [5.74, 6) is -4.57. The molecule has 21 heteroatoms. The van der Waals surface area contributed by atoms with Gasteiger partial charge >= 0.3 is 18.3 Å². The fraction of sp³-hybridized carbons (Fsp3) is 0.517. The van der Waals surface area contributed by atoms with Crippen LogP contribution in [-0.2, 0) is 30.6 Å². The standard InChI is InChI=1S/C27H31ClF3N5O5S2.C2HF3O2/c28-22-10-9-20(42-22)25(38)32-16-18(26(39)35-14-12-34(13-15-35)17-7-8-17)33-43(40,41)21-5-3-4-19(24(21)27(29,30)31)36-11-2-1-6-23(36)37;3-2(4,5)1(6)7/h3-5,9-10,17-18,33H,1-2,6-8,11-16H2,(H,32,38);(H,6,7)/t18-;/m0./s1. The van der Waals surface area contributed by atoms with Crippen molar-refractivity contribution in [2.45, 2.75) is 61.4 Å². The average molecular weight is 776 g/mol. The number of carboxylic acids is 1. The number of halogens is 7. The highest BCUT2D eigenvalue weighted by atomic mass is 35.5. The van der Waals surface area contributed by atoms with Crippen molar-refractivity contribution in [2.75, 3.05) is 44.2 Å². The molecule has 1 aromatic carbocycles. The van der Waals surface area contributed by atoms with Crippen molar-refractivity contribution in [3.63, 3.8) is 0 Å². The van der Waals surface area contributed by atoms with E-state index in [1.807, 2.05) is 0 Å². The summed E-state index contributed by atoms with van der Waals surface area (Å²) in [6.45, 7) is 1.29. The Morgan fingerprint density at radius 1 is 0.980 bits per heavy atom. The molecule has 1 aromatic heterocycles. The number of aliphatic carboxylic acids is 1. The number of nitrogens with one attached hydrogen (secondary N) is 2. The number of benzene rings is 1. The lowest BCUT2D eigenvalue weighted by atomic mass is 10.1. The predicted molar refractivity (Wildman–Crippen MR) is 168 cm³/mol. The molecule has 1 aliphatic carbocycles. The Morgan fingerprint density at radius 2 is 1.62 bits per heavy atom. The quantitative estimate of drug-likeness (QED) is 0.324. The third-order valence-corrected chi connectivity index (χ3v) is 10.7. The van der Waals surface area contributed by atoms with E-state index in [0.29, 0.717) is 49.4 Å². The molecule has 0 unspecified atom stereocenters. The van der Waals surface area contributed by atoms with Crippen LogP contribution < -0.4 is 14.9 Å².